The minimum Gasteiger partial charge on any atom is -0.478 e. The number of carboxylic acid groups (broad SMARTS) is 1. The Bertz CT molecular complexity index is 652. The van der Waals surface area contributed by atoms with E-state index in [0.717, 1.165) is 10.2 Å². The second-order valence-corrected chi connectivity index (χ2v) is 5.05. The molecule has 0 saturated carbocycles. The van der Waals surface area contributed by atoms with Crippen molar-refractivity contribution in [2.45, 2.75) is 0 Å². The zero-order chi connectivity index (χ0) is 14.7. The van der Waals surface area contributed by atoms with Crippen molar-refractivity contribution in [2.75, 3.05) is 11.9 Å². The third-order valence-corrected chi connectivity index (χ3v) is 3.57. The van der Waals surface area contributed by atoms with Crippen LogP contribution < -0.4 is 4.90 Å². The Balaban J connectivity index is 2.27. The highest BCUT2D eigenvalue weighted by molar-refractivity contribution is 9.10. The van der Waals surface area contributed by atoms with Gasteiger partial charge in [-0.1, -0.05) is 12.1 Å². The maximum atomic E-state index is 12.3. The summed E-state index contributed by atoms with van der Waals surface area (Å²) in [7, 11) is 1.67. The van der Waals surface area contributed by atoms with E-state index in [-0.39, 0.29) is 11.5 Å². The number of carbonyl (C=O) groups is 2. The van der Waals surface area contributed by atoms with Crippen molar-refractivity contribution in [2.24, 2.45) is 0 Å². The summed E-state index contributed by atoms with van der Waals surface area (Å²) in [6, 6.07) is 13.3. The molecule has 0 aliphatic rings. The summed E-state index contributed by atoms with van der Waals surface area (Å²) < 4.78 is 0.818. The van der Waals surface area contributed by atoms with Crippen molar-refractivity contribution in [1.82, 2.24) is 0 Å². The van der Waals surface area contributed by atoms with Crippen LogP contribution in [0.25, 0.3) is 0 Å². The van der Waals surface area contributed by atoms with Crippen LogP contribution in [-0.2, 0) is 0 Å². The molecule has 0 unspecified atom stereocenters. The van der Waals surface area contributed by atoms with E-state index in [1.165, 1.54) is 29.2 Å². The molecule has 2 aromatic rings. The fourth-order valence-electron chi connectivity index (χ4n) is 1.78. The number of rotatable bonds is 3. The molecule has 0 fully saturated rings. The molecule has 1 N–H and O–H groups in total. The van der Waals surface area contributed by atoms with Crippen molar-refractivity contribution < 1.29 is 14.7 Å². The molecule has 0 aliphatic heterocycles. The highest BCUT2D eigenvalue weighted by Crippen LogP contribution is 2.25. The Morgan fingerprint density at radius 3 is 2.10 bits per heavy atom. The summed E-state index contributed by atoms with van der Waals surface area (Å²) in [6.07, 6.45) is 0. The topological polar surface area (TPSA) is 57.6 Å². The Hall–Kier alpha value is -2.14. The molecule has 0 spiro atoms. The fourth-order valence-corrected chi connectivity index (χ4v) is 2.33. The molecule has 4 nitrogen and oxygen atoms in total. The molecule has 5 heteroatoms. The lowest BCUT2D eigenvalue weighted by atomic mass is 10.1. The summed E-state index contributed by atoms with van der Waals surface area (Å²) >= 11 is 3.40. The quantitative estimate of drug-likeness (QED) is 0.936. The first-order valence-corrected chi connectivity index (χ1v) is 6.66. The molecular formula is C15H12BrNO3. The number of aromatic carboxylic acids is 1. The van der Waals surface area contributed by atoms with Crippen LogP contribution in [0.3, 0.4) is 0 Å². The summed E-state index contributed by atoms with van der Waals surface area (Å²) in [4.78, 5) is 24.6. The molecule has 20 heavy (non-hydrogen) atoms. The maximum Gasteiger partial charge on any atom is 0.335 e. The van der Waals surface area contributed by atoms with Crippen molar-refractivity contribution in [3.05, 3.63) is 64.1 Å². The Morgan fingerprint density at radius 2 is 1.55 bits per heavy atom. The molecule has 0 heterocycles. The monoisotopic (exact) mass is 333 g/mol. The lowest BCUT2D eigenvalue weighted by molar-refractivity contribution is 0.0696. The van der Waals surface area contributed by atoms with Gasteiger partial charge in [0.15, 0.2) is 0 Å². The van der Waals surface area contributed by atoms with Gasteiger partial charge in [0.25, 0.3) is 5.91 Å². The van der Waals surface area contributed by atoms with Crippen LogP contribution in [-0.4, -0.2) is 24.0 Å². The summed E-state index contributed by atoms with van der Waals surface area (Å²) in [6.45, 7) is 0. The largest absolute Gasteiger partial charge is 0.478 e. The molecule has 0 radical (unpaired) electrons. The lowest BCUT2D eigenvalue weighted by Gasteiger charge is -2.18. The molecule has 2 aromatic carbocycles. The number of carboxylic acids is 1. The van der Waals surface area contributed by atoms with Crippen LogP contribution in [0, 0.1) is 0 Å². The number of hydrogen-bond acceptors (Lipinski definition) is 2. The van der Waals surface area contributed by atoms with Gasteiger partial charge in [-0.05, 0) is 52.3 Å². The second kappa shape index (κ2) is 5.88. The molecule has 0 aliphatic carbocycles. The number of anilines is 1. The normalized spacial score (nSPS) is 10.1. The molecule has 2 rings (SSSR count). The molecule has 0 saturated heterocycles. The summed E-state index contributed by atoms with van der Waals surface area (Å²) in [5.41, 5.74) is 1.35. The minimum atomic E-state index is -1.01. The molecule has 1 amide bonds. The molecular weight excluding hydrogens is 322 g/mol. The number of nitrogens with zero attached hydrogens (tertiary/aromatic N) is 1. The van der Waals surface area contributed by atoms with E-state index in [2.05, 4.69) is 15.9 Å². The number of para-hydroxylation sites is 1. The van der Waals surface area contributed by atoms with Gasteiger partial charge in [-0.25, -0.2) is 4.79 Å². The number of amides is 1. The predicted octanol–water partition coefficient (Wildman–Crippen LogP) is 3.42. The minimum absolute atomic E-state index is 0.157. The van der Waals surface area contributed by atoms with Gasteiger partial charge in [0, 0.05) is 17.1 Å². The van der Waals surface area contributed by atoms with E-state index in [0.29, 0.717) is 5.56 Å². The van der Waals surface area contributed by atoms with Crippen molar-refractivity contribution >= 4 is 33.5 Å². The van der Waals surface area contributed by atoms with Crippen molar-refractivity contribution in [3.63, 3.8) is 0 Å². The zero-order valence-electron chi connectivity index (χ0n) is 10.7. The van der Waals surface area contributed by atoms with E-state index >= 15 is 0 Å². The van der Waals surface area contributed by atoms with Crippen LogP contribution in [0.2, 0.25) is 0 Å². The molecule has 102 valence electrons. The average Bonchev–Trinajstić information content (AvgIpc) is 2.46. The third-order valence-electron chi connectivity index (χ3n) is 2.90. The molecule has 0 aromatic heterocycles. The molecule has 0 atom stereocenters. The van der Waals surface area contributed by atoms with Gasteiger partial charge in [-0.15, -0.1) is 0 Å². The van der Waals surface area contributed by atoms with Gasteiger partial charge in [0.1, 0.15) is 0 Å². The standard InChI is InChI=1S/C15H12BrNO3/c1-17(13-5-3-2-4-12(13)16)14(18)10-6-8-11(9-7-10)15(19)20/h2-9H,1H3,(H,19,20). The summed E-state index contributed by atoms with van der Waals surface area (Å²) in [5.74, 6) is -1.21. The van der Waals surface area contributed by atoms with Gasteiger partial charge in [0.2, 0.25) is 0 Å². The van der Waals surface area contributed by atoms with Gasteiger partial charge in [-0.2, -0.15) is 0 Å². The van der Waals surface area contributed by atoms with E-state index in [9.17, 15) is 9.59 Å². The van der Waals surface area contributed by atoms with Crippen molar-refractivity contribution in [1.29, 1.82) is 0 Å². The fraction of sp³-hybridized carbons (Fsp3) is 0.0667. The highest BCUT2D eigenvalue weighted by Gasteiger charge is 2.15. The Morgan fingerprint density at radius 1 is 1.00 bits per heavy atom. The van der Waals surface area contributed by atoms with E-state index in [1.54, 1.807) is 7.05 Å². The van der Waals surface area contributed by atoms with Crippen LogP contribution in [0.15, 0.2) is 53.0 Å². The van der Waals surface area contributed by atoms with E-state index in [4.69, 9.17) is 5.11 Å². The SMILES string of the molecule is CN(C(=O)c1ccc(C(=O)O)cc1)c1ccccc1Br. The third kappa shape index (κ3) is 2.88. The Labute approximate surface area is 124 Å². The Kier molecular flexibility index (Phi) is 4.20. The first-order valence-electron chi connectivity index (χ1n) is 5.86. The second-order valence-electron chi connectivity index (χ2n) is 4.20. The average molecular weight is 334 g/mol. The first kappa shape index (κ1) is 14.3. The van der Waals surface area contributed by atoms with Crippen LogP contribution in [0.5, 0.6) is 0 Å². The predicted molar refractivity (Wildman–Crippen MR) is 80.3 cm³/mol. The van der Waals surface area contributed by atoms with Gasteiger partial charge in [-0.3, -0.25) is 4.79 Å². The van der Waals surface area contributed by atoms with Gasteiger partial charge >= 0.3 is 5.97 Å². The first-order chi connectivity index (χ1) is 9.50. The van der Waals surface area contributed by atoms with Gasteiger partial charge < -0.3 is 10.0 Å². The number of carbonyl (C=O) groups excluding carboxylic acids is 1. The highest BCUT2D eigenvalue weighted by atomic mass is 79.9. The number of hydrogen-bond donors (Lipinski definition) is 1. The van der Waals surface area contributed by atoms with Crippen LogP contribution in [0.4, 0.5) is 5.69 Å². The van der Waals surface area contributed by atoms with Crippen LogP contribution in [0.1, 0.15) is 20.7 Å². The zero-order valence-corrected chi connectivity index (χ0v) is 12.3. The van der Waals surface area contributed by atoms with Crippen molar-refractivity contribution in [3.8, 4) is 0 Å². The van der Waals surface area contributed by atoms with Gasteiger partial charge in [0.05, 0.1) is 11.3 Å². The lowest BCUT2D eigenvalue weighted by Crippen LogP contribution is -2.26. The molecule has 0 bridgehead atoms. The van der Waals surface area contributed by atoms with Crippen LogP contribution >= 0.6 is 15.9 Å². The van der Waals surface area contributed by atoms with E-state index < -0.39 is 5.97 Å². The number of benzene rings is 2. The van der Waals surface area contributed by atoms with E-state index in [1.807, 2.05) is 24.3 Å². The number of halogens is 1. The summed E-state index contributed by atoms with van der Waals surface area (Å²) in [5, 5.41) is 8.84. The smallest absolute Gasteiger partial charge is 0.335 e. The maximum absolute atomic E-state index is 12.3.